The lowest BCUT2D eigenvalue weighted by Gasteiger charge is -1.96. The van der Waals surface area contributed by atoms with Crippen LogP contribution in [0.25, 0.3) is 11.0 Å². The van der Waals surface area contributed by atoms with E-state index in [2.05, 4.69) is 0 Å². The van der Waals surface area contributed by atoms with Crippen molar-refractivity contribution in [2.45, 2.75) is 6.92 Å². The lowest BCUT2D eigenvalue weighted by atomic mass is 10.1. The Morgan fingerprint density at radius 2 is 2.14 bits per heavy atom. The number of nitrogens with two attached hydrogens (primary N) is 1. The van der Waals surface area contributed by atoms with Gasteiger partial charge in [-0.25, -0.2) is 4.79 Å². The van der Waals surface area contributed by atoms with Gasteiger partial charge in [-0.1, -0.05) is 0 Å². The molecule has 1 heterocycles. The molecule has 0 aliphatic rings. The zero-order valence-corrected chi connectivity index (χ0v) is 7.57. The average molecular weight is 191 g/mol. The number of anilines is 1. The van der Waals surface area contributed by atoms with Gasteiger partial charge in [-0.3, -0.25) is 0 Å². The first kappa shape index (κ1) is 8.62. The fourth-order valence-corrected chi connectivity index (χ4v) is 1.46. The third kappa shape index (κ3) is 1.21. The molecule has 0 unspecified atom stereocenters. The highest BCUT2D eigenvalue weighted by molar-refractivity contribution is 5.93. The minimum Gasteiger partial charge on any atom is -0.475 e. The highest BCUT2D eigenvalue weighted by Crippen LogP contribution is 2.25. The van der Waals surface area contributed by atoms with Crippen molar-refractivity contribution < 1.29 is 14.3 Å². The van der Waals surface area contributed by atoms with Gasteiger partial charge in [-0.2, -0.15) is 0 Å². The van der Waals surface area contributed by atoms with Gasteiger partial charge in [-0.05, 0) is 30.7 Å². The van der Waals surface area contributed by atoms with Crippen LogP contribution in [0.5, 0.6) is 0 Å². The number of aromatic carboxylic acids is 1. The van der Waals surface area contributed by atoms with E-state index in [0.29, 0.717) is 11.3 Å². The molecule has 0 fully saturated rings. The second-order valence-electron chi connectivity index (χ2n) is 3.17. The van der Waals surface area contributed by atoms with Crippen molar-refractivity contribution in [3.63, 3.8) is 0 Å². The Labute approximate surface area is 79.9 Å². The van der Waals surface area contributed by atoms with E-state index < -0.39 is 5.97 Å². The molecule has 72 valence electrons. The molecule has 1 aromatic heterocycles. The van der Waals surface area contributed by atoms with E-state index in [1.807, 2.05) is 6.92 Å². The molecular formula is C10H9NO3. The number of benzene rings is 1. The predicted molar refractivity (Wildman–Crippen MR) is 52.3 cm³/mol. The van der Waals surface area contributed by atoms with E-state index in [-0.39, 0.29) is 5.76 Å². The summed E-state index contributed by atoms with van der Waals surface area (Å²) < 4.78 is 5.16. The molecule has 0 saturated carbocycles. The molecule has 0 atom stereocenters. The standard InChI is InChI=1S/C10H9NO3/c1-5-2-7(11)3-6-4-8(10(12)13)14-9(5)6/h2-4H,11H2,1H3,(H,12,13). The molecule has 0 amide bonds. The SMILES string of the molecule is Cc1cc(N)cc2cc(C(=O)O)oc12. The van der Waals surface area contributed by atoms with Crippen LogP contribution in [-0.2, 0) is 0 Å². The van der Waals surface area contributed by atoms with Crippen LogP contribution >= 0.6 is 0 Å². The van der Waals surface area contributed by atoms with Crippen LogP contribution in [0.15, 0.2) is 22.6 Å². The van der Waals surface area contributed by atoms with E-state index in [9.17, 15) is 4.79 Å². The van der Waals surface area contributed by atoms with E-state index in [1.54, 1.807) is 12.1 Å². The Bertz CT molecular complexity index is 513. The first-order valence-electron chi connectivity index (χ1n) is 4.11. The van der Waals surface area contributed by atoms with Gasteiger partial charge in [0.1, 0.15) is 5.58 Å². The van der Waals surface area contributed by atoms with Crippen molar-refractivity contribution in [3.05, 3.63) is 29.5 Å². The van der Waals surface area contributed by atoms with Crippen LogP contribution < -0.4 is 5.73 Å². The third-order valence-corrected chi connectivity index (χ3v) is 2.04. The van der Waals surface area contributed by atoms with Crippen LogP contribution in [0.4, 0.5) is 5.69 Å². The molecule has 3 N–H and O–H groups in total. The quantitative estimate of drug-likeness (QED) is 0.676. The molecule has 0 spiro atoms. The van der Waals surface area contributed by atoms with E-state index in [0.717, 1.165) is 10.9 Å². The van der Waals surface area contributed by atoms with Gasteiger partial charge in [0.2, 0.25) is 5.76 Å². The van der Waals surface area contributed by atoms with Crippen molar-refractivity contribution in [3.8, 4) is 0 Å². The monoisotopic (exact) mass is 191 g/mol. The van der Waals surface area contributed by atoms with Gasteiger partial charge in [0.05, 0.1) is 0 Å². The second kappa shape index (κ2) is 2.77. The maximum atomic E-state index is 10.6. The van der Waals surface area contributed by atoms with E-state index in [1.165, 1.54) is 6.07 Å². The number of fused-ring (bicyclic) bond motifs is 1. The van der Waals surface area contributed by atoms with Crippen molar-refractivity contribution in [2.75, 3.05) is 5.73 Å². The summed E-state index contributed by atoms with van der Waals surface area (Å²) in [6, 6.07) is 4.91. The maximum absolute atomic E-state index is 10.6. The summed E-state index contributed by atoms with van der Waals surface area (Å²) in [6.07, 6.45) is 0. The molecule has 1 aromatic carbocycles. The normalized spacial score (nSPS) is 10.6. The lowest BCUT2D eigenvalue weighted by molar-refractivity contribution is 0.0665. The molecule has 0 aliphatic carbocycles. The van der Waals surface area contributed by atoms with Crippen LogP contribution in [0.1, 0.15) is 16.1 Å². The third-order valence-electron chi connectivity index (χ3n) is 2.04. The topological polar surface area (TPSA) is 76.5 Å². The fourth-order valence-electron chi connectivity index (χ4n) is 1.46. The summed E-state index contributed by atoms with van der Waals surface area (Å²) in [4.78, 5) is 10.6. The van der Waals surface area contributed by atoms with Crippen LogP contribution in [-0.4, -0.2) is 11.1 Å². The first-order chi connectivity index (χ1) is 6.58. The van der Waals surface area contributed by atoms with Crippen LogP contribution in [0.3, 0.4) is 0 Å². The molecule has 4 nitrogen and oxygen atoms in total. The largest absolute Gasteiger partial charge is 0.475 e. The van der Waals surface area contributed by atoms with Crippen molar-refractivity contribution in [1.29, 1.82) is 0 Å². The number of furan rings is 1. The smallest absolute Gasteiger partial charge is 0.371 e. The molecule has 0 radical (unpaired) electrons. The number of carboxylic acid groups (broad SMARTS) is 1. The minimum absolute atomic E-state index is 0.0614. The van der Waals surface area contributed by atoms with Crippen molar-refractivity contribution in [1.82, 2.24) is 0 Å². The number of hydrogen-bond acceptors (Lipinski definition) is 3. The highest BCUT2D eigenvalue weighted by Gasteiger charge is 2.11. The Morgan fingerprint density at radius 3 is 2.79 bits per heavy atom. The number of carboxylic acids is 1. The highest BCUT2D eigenvalue weighted by atomic mass is 16.4. The van der Waals surface area contributed by atoms with Gasteiger partial charge >= 0.3 is 5.97 Å². The van der Waals surface area contributed by atoms with Crippen molar-refractivity contribution in [2.24, 2.45) is 0 Å². The summed E-state index contributed by atoms with van der Waals surface area (Å²) in [5, 5.41) is 9.44. The fraction of sp³-hybridized carbons (Fsp3) is 0.100. The zero-order valence-electron chi connectivity index (χ0n) is 7.57. The number of nitrogen functional groups attached to an aromatic ring is 1. The lowest BCUT2D eigenvalue weighted by Crippen LogP contribution is -1.91. The molecule has 0 aliphatic heterocycles. The second-order valence-corrected chi connectivity index (χ2v) is 3.17. The maximum Gasteiger partial charge on any atom is 0.371 e. The van der Waals surface area contributed by atoms with Crippen LogP contribution in [0.2, 0.25) is 0 Å². The zero-order chi connectivity index (χ0) is 10.3. The Morgan fingerprint density at radius 1 is 1.43 bits per heavy atom. The van der Waals surface area contributed by atoms with E-state index in [4.69, 9.17) is 15.3 Å². The minimum atomic E-state index is -1.07. The van der Waals surface area contributed by atoms with E-state index >= 15 is 0 Å². The average Bonchev–Trinajstić information content (AvgIpc) is 2.47. The van der Waals surface area contributed by atoms with Gasteiger partial charge in [0.15, 0.2) is 0 Å². The van der Waals surface area contributed by atoms with Crippen molar-refractivity contribution >= 4 is 22.6 Å². The number of carbonyl (C=O) groups is 1. The number of hydrogen-bond donors (Lipinski definition) is 2. The Kier molecular flexibility index (Phi) is 1.70. The number of aryl methyl sites for hydroxylation is 1. The summed E-state index contributed by atoms with van der Waals surface area (Å²) in [5.74, 6) is -1.13. The molecule has 2 rings (SSSR count). The molecule has 0 saturated heterocycles. The van der Waals surface area contributed by atoms with Gasteiger partial charge in [0.25, 0.3) is 0 Å². The summed E-state index contributed by atoms with van der Waals surface area (Å²) >= 11 is 0. The van der Waals surface area contributed by atoms with Crippen LogP contribution in [0, 0.1) is 6.92 Å². The molecule has 4 heteroatoms. The predicted octanol–water partition coefficient (Wildman–Crippen LogP) is 2.02. The summed E-state index contributed by atoms with van der Waals surface area (Å²) in [6.45, 7) is 1.83. The molecule has 14 heavy (non-hydrogen) atoms. The molecular weight excluding hydrogens is 182 g/mol. The molecule has 0 bridgehead atoms. The number of rotatable bonds is 1. The van der Waals surface area contributed by atoms with Gasteiger partial charge < -0.3 is 15.3 Å². The Hall–Kier alpha value is -1.97. The Balaban J connectivity index is 2.76. The molecule has 2 aromatic rings. The summed E-state index contributed by atoms with van der Waals surface area (Å²) in [7, 11) is 0. The van der Waals surface area contributed by atoms with Gasteiger partial charge in [-0.15, -0.1) is 0 Å². The summed E-state index contributed by atoms with van der Waals surface area (Å²) in [5.41, 5.74) is 7.65. The first-order valence-corrected chi connectivity index (χ1v) is 4.11. The van der Waals surface area contributed by atoms with Gasteiger partial charge in [0, 0.05) is 11.1 Å².